The fourth-order valence-electron chi connectivity index (χ4n) is 2.45. The van der Waals surface area contributed by atoms with Crippen LogP contribution in [0.25, 0.3) is 0 Å². The van der Waals surface area contributed by atoms with Gasteiger partial charge in [0.05, 0.1) is 12.5 Å². The van der Waals surface area contributed by atoms with Crippen LogP contribution < -0.4 is 5.32 Å². The molecule has 1 heterocycles. The van der Waals surface area contributed by atoms with E-state index in [0.29, 0.717) is 31.6 Å². The summed E-state index contributed by atoms with van der Waals surface area (Å²) in [6.45, 7) is 3.26. The van der Waals surface area contributed by atoms with Crippen LogP contribution in [0.1, 0.15) is 17.5 Å². The number of likely N-dealkylation sites (tertiary alicyclic amines) is 1. The lowest BCUT2D eigenvalue weighted by molar-refractivity contribution is -0.141. The van der Waals surface area contributed by atoms with Crippen LogP contribution in [0.3, 0.4) is 0 Å². The Morgan fingerprint density at radius 3 is 2.86 bits per heavy atom. The molecule has 0 aromatic heterocycles. The van der Waals surface area contributed by atoms with Crippen molar-refractivity contribution in [3.63, 3.8) is 0 Å². The maximum Gasteiger partial charge on any atom is 0.307 e. The largest absolute Gasteiger partial charge is 0.481 e. The molecule has 0 aliphatic carbocycles. The van der Waals surface area contributed by atoms with Crippen molar-refractivity contribution in [2.24, 2.45) is 5.92 Å². The summed E-state index contributed by atoms with van der Waals surface area (Å²) in [5, 5.41) is 11.7. The highest BCUT2D eigenvalue weighted by atomic mass is 19.1. The van der Waals surface area contributed by atoms with Crippen molar-refractivity contribution >= 4 is 11.9 Å². The van der Waals surface area contributed by atoms with Crippen LogP contribution in [-0.2, 0) is 16.1 Å². The average molecular weight is 294 g/mol. The summed E-state index contributed by atoms with van der Waals surface area (Å²) < 4.78 is 13.1. The first-order valence-electron chi connectivity index (χ1n) is 6.92. The second-order valence-corrected chi connectivity index (χ2v) is 5.42. The zero-order valence-electron chi connectivity index (χ0n) is 11.9. The maximum absolute atomic E-state index is 13.1. The van der Waals surface area contributed by atoms with Crippen molar-refractivity contribution in [1.29, 1.82) is 0 Å². The summed E-state index contributed by atoms with van der Waals surface area (Å²) in [6.07, 6.45) is 0.583. The van der Waals surface area contributed by atoms with Gasteiger partial charge in [0.1, 0.15) is 5.82 Å². The molecular formula is C15H19FN2O3. The number of aryl methyl sites for hydroxylation is 1. The maximum atomic E-state index is 13.1. The number of amides is 1. The van der Waals surface area contributed by atoms with Gasteiger partial charge in [-0.15, -0.1) is 0 Å². The Balaban J connectivity index is 1.77. The fourth-order valence-corrected chi connectivity index (χ4v) is 2.45. The van der Waals surface area contributed by atoms with E-state index in [9.17, 15) is 14.0 Å². The van der Waals surface area contributed by atoms with E-state index in [2.05, 4.69) is 5.32 Å². The molecule has 2 rings (SSSR count). The van der Waals surface area contributed by atoms with Gasteiger partial charge in [0, 0.05) is 13.1 Å². The Bertz CT molecular complexity index is 548. The molecule has 0 radical (unpaired) electrons. The van der Waals surface area contributed by atoms with Crippen molar-refractivity contribution in [2.45, 2.75) is 19.9 Å². The molecule has 1 aliphatic heterocycles. The van der Waals surface area contributed by atoms with Gasteiger partial charge < -0.3 is 10.4 Å². The molecule has 6 heteroatoms. The summed E-state index contributed by atoms with van der Waals surface area (Å²) >= 11 is 0. The molecule has 2 N–H and O–H groups in total. The van der Waals surface area contributed by atoms with Crippen molar-refractivity contribution in [1.82, 2.24) is 10.2 Å². The number of hydrogen-bond donors (Lipinski definition) is 2. The second-order valence-electron chi connectivity index (χ2n) is 5.42. The van der Waals surface area contributed by atoms with Crippen LogP contribution in [0, 0.1) is 18.7 Å². The quantitative estimate of drug-likeness (QED) is 0.855. The second kappa shape index (κ2) is 6.67. The van der Waals surface area contributed by atoms with Crippen LogP contribution in [0.4, 0.5) is 4.39 Å². The Morgan fingerprint density at radius 2 is 2.24 bits per heavy atom. The molecule has 1 amide bonds. The summed E-state index contributed by atoms with van der Waals surface area (Å²) in [6, 6.07) is 4.72. The van der Waals surface area contributed by atoms with E-state index in [4.69, 9.17) is 5.11 Å². The van der Waals surface area contributed by atoms with Crippen LogP contribution in [-0.4, -0.2) is 41.5 Å². The summed E-state index contributed by atoms with van der Waals surface area (Å²) in [5.41, 5.74) is 1.39. The molecule has 1 aliphatic rings. The number of carbonyl (C=O) groups excluding carboxylic acids is 1. The zero-order valence-corrected chi connectivity index (χ0v) is 11.9. The van der Waals surface area contributed by atoms with E-state index in [1.54, 1.807) is 19.1 Å². The molecule has 1 aromatic carbocycles. The minimum atomic E-state index is -0.806. The molecule has 1 fully saturated rings. The number of carbonyl (C=O) groups is 2. The lowest BCUT2D eigenvalue weighted by Gasteiger charge is -2.15. The van der Waals surface area contributed by atoms with Crippen LogP contribution in [0.15, 0.2) is 18.2 Å². The first-order chi connectivity index (χ1) is 9.95. The van der Waals surface area contributed by atoms with Gasteiger partial charge in [0.15, 0.2) is 0 Å². The van der Waals surface area contributed by atoms with E-state index in [-0.39, 0.29) is 24.2 Å². The Labute approximate surface area is 122 Å². The van der Waals surface area contributed by atoms with Gasteiger partial charge in [0.2, 0.25) is 5.91 Å². The molecule has 0 spiro atoms. The first-order valence-corrected chi connectivity index (χ1v) is 6.92. The summed E-state index contributed by atoms with van der Waals surface area (Å²) in [7, 11) is 0. The molecule has 0 saturated carbocycles. The van der Waals surface area contributed by atoms with Gasteiger partial charge in [-0.3, -0.25) is 14.5 Å². The number of hydrogen-bond acceptors (Lipinski definition) is 3. The van der Waals surface area contributed by atoms with E-state index in [1.165, 1.54) is 6.07 Å². The molecule has 1 atom stereocenters. The third-order valence-corrected chi connectivity index (χ3v) is 3.70. The number of rotatable bonds is 5. The number of halogens is 1. The number of nitrogens with one attached hydrogen (secondary N) is 1. The van der Waals surface area contributed by atoms with Crippen molar-refractivity contribution in [3.8, 4) is 0 Å². The molecule has 1 aromatic rings. The number of nitrogens with zero attached hydrogens (tertiary/aromatic N) is 1. The lowest BCUT2D eigenvalue weighted by atomic mass is 10.1. The predicted molar refractivity (Wildman–Crippen MR) is 75.2 cm³/mol. The normalized spacial score (nSPS) is 18.7. The van der Waals surface area contributed by atoms with Gasteiger partial charge in [-0.1, -0.05) is 12.1 Å². The van der Waals surface area contributed by atoms with E-state index < -0.39 is 5.97 Å². The molecule has 1 saturated heterocycles. The lowest BCUT2D eigenvalue weighted by Crippen LogP contribution is -2.36. The summed E-state index contributed by atoms with van der Waals surface area (Å²) in [4.78, 5) is 24.5. The monoisotopic (exact) mass is 294 g/mol. The van der Waals surface area contributed by atoms with E-state index >= 15 is 0 Å². The van der Waals surface area contributed by atoms with Gasteiger partial charge in [-0.2, -0.15) is 0 Å². The van der Waals surface area contributed by atoms with Gasteiger partial charge >= 0.3 is 5.97 Å². The Morgan fingerprint density at radius 1 is 1.48 bits per heavy atom. The summed E-state index contributed by atoms with van der Waals surface area (Å²) in [5.74, 6) is -1.60. The smallest absolute Gasteiger partial charge is 0.307 e. The molecule has 21 heavy (non-hydrogen) atoms. The number of carboxylic acid groups (broad SMARTS) is 1. The molecule has 114 valence electrons. The Hall–Kier alpha value is -1.95. The standard InChI is InChI=1S/C15H19FN2O3/c1-10-6-11(2-3-13(10)16)7-17-14(19)9-18-5-4-12(8-18)15(20)21/h2-3,6,12H,4-5,7-9H2,1H3,(H,17,19)(H,20,21). The molecular weight excluding hydrogens is 275 g/mol. The minimum Gasteiger partial charge on any atom is -0.481 e. The van der Waals surface area contributed by atoms with Crippen LogP contribution in [0.2, 0.25) is 0 Å². The van der Waals surface area contributed by atoms with E-state index in [1.807, 2.05) is 4.90 Å². The highest BCUT2D eigenvalue weighted by molar-refractivity contribution is 5.78. The van der Waals surface area contributed by atoms with Crippen molar-refractivity contribution in [3.05, 3.63) is 35.1 Å². The third-order valence-electron chi connectivity index (χ3n) is 3.70. The van der Waals surface area contributed by atoms with Gasteiger partial charge in [0.25, 0.3) is 0 Å². The first kappa shape index (κ1) is 15.4. The van der Waals surface area contributed by atoms with Gasteiger partial charge in [-0.25, -0.2) is 4.39 Å². The van der Waals surface area contributed by atoms with Gasteiger partial charge in [-0.05, 0) is 37.1 Å². The average Bonchev–Trinajstić information content (AvgIpc) is 2.89. The topological polar surface area (TPSA) is 69.6 Å². The van der Waals surface area contributed by atoms with Crippen molar-refractivity contribution < 1.29 is 19.1 Å². The number of carboxylic acids is 1. The highest BCUT2D eigenvalue weighted by Crippen LogP contribution is 2.15. The van der Waals surface area contributed by atoms with Crippen molar-refractivity contribution in [2.75, 3.05) is 19.6 Å². The molecule has 1 unspecified atom stereocenters. The minimum absolute atomic E-state index is 0.150. The van der Waals surface area contributed by atoms with E-state index in [0.717, 1.165) is 5.56 Å². The predicted octanol–water partition coefficient (Wildman–Crippen LogP) is 1.16. The highest BCUT2D eigenvalue weighted by Gasteiger charge is 2.28. The molecule has 5 nitrogen and oxygen atoms in total. The Kier molecular flexibility index (Phi) is 4.90. The van der Waals surface area contributed by atoms with Crippen LogP contribution >= 0.6 is 0 Å². The zero-order chi connectivity index (χ0) is 15.4. The van der Waals surface area contributed by atoms with Crippen LogP contribution in [0.5, 0.6) is 0 Å². The SMILES string of the molecule is Cc1cc(CNC(=O)CN2CCC(C(=O)O)C2)ccc1F. The molecule has 0 bridgehead atoms. The third kappa shape index (κ3) is 4.26. The fraction of sp³-hybridized carbons (Fsp3) is 0.467. The number of aliphatic carboxylic acids is 1. The number of benzene rings is 1.